The maximum absolute atomic E-state index is 4.40. The van der Waals surface area contributed by atoms with Gasteiger partial charge in [-0.2, -0.15) is 0 Å². The van der Waals surface area contributed by atoms with E-state index in [1.165, 1.54) is 127 Å². The van der Waals surface area contributed by atoms with E-state index in [1.54, 1.807) is 0 Å². The molecular weight excluding hydrogens is 775 g/mol. The van der Waals surface area contributed by atoms with E-state index in [4.69, 9.17) is 0 Å². The molecule has 0 radical (unpaired) electrons. The van der Waals surface area contributed by atoms with E-state index in [9.17, 15) is 0 Å². The zero-order chi connectivity index (χ0) is 32.4. The van der Waals surface area contributed by atoms with Gasteiger partial charge in [0.25, 0.3) is 0 Å². The van der Waals surface area contributed by atoms with Crippen molar-refractivity contribution in [1.82, 2.24) is 15.0 Å². The van der Waals surface area contributed by atoms with Gasteiger partial charge in [0.15, 0.2) is 0 Å². The van der Waals surface area contributed by atoms with Crippen LogP contribution in [-0.4, -0.2) is 15.0 Å². The third-order valence-electron chi connectivity index (χ3n) is 9.93. The molecule has 3 aromatic carbocycles. The molecule has 3 aliphatic rings. The van der Waals surface area contributed by atoms with Gasteiger partial charge in [-0.3, -0.25) is 15.0 Å². The van der Waals surface area contributed by atoms with Crippen LogP contribution in [0.3, 0.4) is 0 Å². The Morgan fingerprint density at radius 3 is 0.857 bits per heavy atom. The van der Waals surface area contributed by atoms with Crippen molar-refractivity contribution in [3.05, 3.63) is 161 Å². The number of rotatable bonds is 3. The monoisotopic (exact) mass is 820 g/mol. The summed E-state index contributed by atoms with van der Waals surface area (Å²) in [5, 5.41) is 0. The summed E-state index contributed by atoms with van der Waals surface area (Å²) in [6, 6.07) is 38.6. The molecule has 4 heteroatoms. The molecular formula is C45H45IrN3+3. The third kappa shape index (κ3) is 9.06. The number of nitrogens with zero attached hydrogens (tertiary/aromatic N) is 3. The topological polar surface area (TPSA) is 38.7 Å². The van der Waals surface area contributed by atoms with E-state index < -0.39 is 0 Å². The molecule has 3 aliphatic carbocycles. The van der Waals surface area contributed by atoms with E-state index in [0.29, 0.717) is 0 Å². The molecule has 0 atom stereocenters. The Hall–Kier alpha value is -4.24. The van der Waals surface area contributed by atoms with Crippen LogP contribution in [0.25, 0.3) is 33.8 Å². The van der Waals surface area contributed by atoms with Crippen LogP contribution >= 0.6 is 0 Å². The number of aryl methyl sites for hydroxylation is 6. The summed E-state index contributed by atoms with van der Waals surface area (Å²) in [5.41, 5.74) is 16.2. The number of fused-ring (bicyclic) bond motifs is 3. The summed E-state index contributed by atoms with van der Waals surface area (Å²) in [5.74, 6) is 0. The average Bonchev–Trinajstić information content (AvgIpc) is 3.19. The molecule has 0 fully saturated rings. The van der Waals surface area contributed by atoms with E-state index >= 15 is 0 Å². The number of aromatic nitrogens is 3. The molecule has 0 amide bonds. The van der Waals surface area contributed by atoms with Gasteiger partial charge in [-0.25, -0.2) is 0 Å². The minimum absolute atomic E-state index is 0. The molecule has 0 aliphatic heterocycles. The molecule has 3 heterocycles. The van der Waals surface area contributed by atoms with Crippen molar-refractivity contribution >= 4 is 0 Å². The Balaban J connectivity index is 0.000000126. The number of benzene rings is 3. The fourth-order valence-electron chi connectivity index (χ4n) is 7.28. The second kappa shape index (κ2) is 17.4. The van der Waals surface area contributed by atoms with Gasteiger partial charge in [0.1, 0.15) is 0 Å². The van der Waals surface area contributed by atoms with Crippen molar-refractivity contribution in [3.63, 3.8) is 0 Å². The van der Waals surface area contributed by atoms with Gasteiger partial charge in [-0.05, 0) is 165 Å². The van der Waals surface area contributed by atoms with Gasteiger partial charge in [0.05, 0.1) is 17.1 Å². The quantitative estimate of drug-likeness (QED) is 0.179. The van der Waals surface area contributed by atoms with E-state index in [0.717, 1.165) is 17.1 Å². The van der Waals surface area contributed by atoms with Crippen molar-refractivity contribution in [2.45, 2.75) is 77.0 Å². The van der Waals surface area contributed by atoms with Gasteiger partial charge in [0, 0.05) is 35.3 Å². The van der Waals surface area contributed by atoms with Gasteiger partial charge >= 0.3 is 20.1 Å². The molecule has 0 bridgehead atoms. The zero-order valence-electron chi connectivity index (χ0n) is 28.3. The zero-order valence-corrected chi connectivity index (χ0v) is 30.7. The average molecular weight is 820 g/mol. The molecule has 3 nitrogen and oxygen atoms in total. The molecule has 3 aromatic heterocycles. The second-order valence-electron chi connectivity index (χ2n) is 13.2. The first kappa shape index (κ1) is 34.6. The smallest absolute Gasteiger partial charge is 0.256 e. The first-order chi connectivity index (χ1) is 23.8. The van der Waals surface area contributed by atoms with Crippen molar-refractivity contribution < 1.29 is 20.1 Å². The Morgan fingerprint density at radius 2 is 0.592 bits per heavy atom. The molecule has 0 saturated carbocycles. The molecule has 0 N–H and O–H groups in total. The van der Waals surface area contributed by atoms with Crippen molar-refractivity contribution in [2.24, 2.45) is 0 Å². The fraction of sp³-hybridized carbons (Fsp3) is 0.267. The molecule has 0 saturated heterocycles. The van der Waals surface area contributed by atoms with Crippen molar-refractivity contribution in [2.75, 3.05) is 0 Å². The van der Waals surface area contributed by atoms with Gasteiger partial charge in [-0.1, -0.05) is 54.6 Å². The van der Waals surface area contributed by atoms with Crippen LogP contribution in [0.1, 0.15) is 71.9 Å². The second-order valence-corrected chi connectivity index (χ2v) is 13.2. The number of hydrogen-bond donors (Lipinski definition) is 0. The summed E-state index contributed by atoms with van der Waals surface area (Å²) in [6.45, 7) is 0. The molecule has 0 unspecified atom stereocenters. The van der Waals surface area contributed by atoms with Crippen LogP contribution in [-0.2, 0) is 58.6 Å². The SMILES string of the molecule is [Ir+3].c1ccc(-c2ccc3c(c2)CCCC3)nc1.c1ccc(-c2ccc3c(c2)CCCC3)nc1.c1ccc(-c2ccc3c(c2)CCCC3)nc1. The number of pyridine rings is 3. The van der Waals surface area contributed by atoms with Gasteiger partial charge in [-0.15, -0.1) is 0 Å². The number of hydrogen-bond acceptors (Lipinski definition) is 3. The van der Waals surface area contributed by atoms with E-state index in [-0.39, 0.29) is 20.1 Å². The minimum atomic E-state index is 0. The summed E-state index contributed by atoms with van der Waals surface area (Å²) in [6.07, 6.45) is 21.0. The van der Waals surface area contributed by atoms with Crippen molar-refractivity contribution in [3.8, 4) is 33.8 Å². The molecule has 9 rings (SSSR count). The van der Waals surface area contributed by atoms with Crippen LogP contribution in [0.15, 0.2) is 128 Å². The first-order valence-electron chi connectivity index (χ1n) is 17.9. The van der Waals surface area contributed by atoms with Gasteiger partial charge in [0.2, 0.25) is 0 Å². The van der Waals surface area contributed by atoms with Crippen LogP contribution in [0.2, 0.25) is 0 Å². The largest absolute Gasteiger partial charge is 3.00 e. The Kier molecular flexibility index (Phi) is 12.3. The van der Waals surface area contributed by atoms with Crippen LogP contribution < -0.4 is 0 Å². The molecule has 0 spiro atoms. The molecule has 6 aromatic rings. The summed E-state index contributed by atoms with van der Waals surface area (Å²) >= 11 is 0. The standard InChI is InChI=1S/3C15H15N.Ir/c3*1-2-6-13-11-14(9-8-12(13)5-1)15-7-3-4-10-16-15;/h3*3-4,7-11H,1-2,5-6H2;/q;;;+3. The van der Waals surface area contributed by atoms with Crippen LogP contribution in [0.4, 0.5) is 0 Å². The first-order valence-corrected chi connectivity index (χ1v) is 17.9. The summed E-state index contributed by atoms with van der Waals surface area (Å²) < 4.78 is 0. The maximum Gasteiger partial charge on any atom is 3.00 e. The third-order valence-corrected chi connectivity index (χ3v) is 9.93. The molecule has 49 heavy (non-hydrogen) atoms. The predicted molar refractivity (Wildman–Crippen MR) is 199 cm³/mol. The van der Waals surface area contributed by atoms with Crippen LogP contribution in [0.5, 0.6) is 0 Å². The molecule has 246 valence electrons. The Morgan fingerprint density at radius 1 is 0.306 bits per heavy atom. The summed E-state index contributed by atoms with van der Waals surface area (Å²) in [4.78, 5) is 13.2. The van der Waals surface area contributed by atoms with E-state index in [1.807, 2.05) is 55.0 Å². The normalized spacial score (nSPS) is 14.2. The fourth-order valence-corrected chi connectivity index (χ4v) is 7.28. The summed E-state index contributed by atoms with van der Waals surface area (Å²) in [7, 11) is 0. The van der Waals surface area contributed by atoms with Crippen molar-refractivity contribution in [1.29, 1.82) is 0 Å². The Bertz CT molecular complexity index is 1700. The maximum atomic E-state index is 4.40. The minimum Gasteiger partial charge on any atom is -0.256 e. The predicted octanol–water partition coefficient (Wildman–Crippen LogP) is 10.9. The van der Waals surface area contributed by atoms with Gasteiger partial charge < -0.3 is 0 Å². The van der Waals surface area contributed by atoms with E-state index in [2.05, 4.69) is 87.7 Å². The van der Waals surface area contributed by atoms with Crippen LogP contribution in [0, 0.1) is 0 Å². The Labute approximate surface area is 305 Å².